The molecule has 16 heavy (non-hydrogen) atoms. The molecular weight excluding hydrogens is 206 g/mol. The quantitative estimate of drug-likeness (QED) is 0.687. The monoisotopic (exact) mass is 223 g/mol. The molecule has 0 aliphatic heterocycles. The van der Waals surface area contributed by atoms with Crippen LogP contribution in [0.25, 0.3) is 0 Å². The Hall–Kier alpha value is -1.57. The fraction of sp³-hybridized carbons (Fsp3) is 0.727. The van der Waals surface area contributed by atoms with Crippen LogP contribution >= 0.6 is 0 Å². The van der Waals surface area contributed by atoms with Crippen LogP contribution in [0.15, 0.2) is 0 Å². The first-order valence-electron chi connectivity index (χ1n) is 5.30. The van der Waals surface area contributed by atoms with Gasteiger partial charge in [0.15, 0.2) is 0 Å². The first-order chi connectivity index (χ1) is 7.43. The van der Waals surface area contributed by atoms with Crippen molar-refractivity contribution >= 4 is 11.8 Å². The number of nitrogens with zero attached hydrogens (tertiary/aromatic N) is 3. The maximum Gasteiger partial charge on any atom is 0.243 e. The third kappa shape index (κ3) is 2.16. The lowest BCUT2D eigenvalue weighted by Gasteiger charge is -2.36. The molecule has 1 fully saturated rings. The fourth-order valence-electron chi connectivity index (χ4n) is 1.69. The van der Waals surface area contributed by atoms with Gasteiger partial charge in [0.05, 0.1) is 12.6 Å². The van der Waals surface area contributed by atoms with Crippen molar-refractivity contribution in [3.63, 3.8) is 0 Å². The minimum absolute atomic E-state index is 0.0370. The molecule has 0 unspecified atom stereocenters. The summed E-state index contributed by atoms with van der Waals surface area (Å²) in [4.78, 5) is 26.2. The van der Waals surface area contributed by atoms with Gasteiger partial charge in [-0.2, -0.15) is 5.26 Å². The number of amides is 2. The molecule has 1 saturated carbocycles. The van der Waals surface area contributed by atoms with Crippen LogP contribution in [0.1, 0.15) is 19.3 Å². The lowest BCUT2D eigenvalue weighted by atomic mass is 9.69. The highest BCUT2D eigenvalue weighted by atomic mass is 16.2. The molecule has 0 aromatic heterocycles. The average molecular weight is 223 g/mol. The SMILES string of the molecule is CN(C)C(=O)CN(C)C(=O)C1(C#N)CCC1. The summed E-state index contributed by atoms with van der Waals surface area (Å²) in [6.07, 6.45) is 2.14. The summed E-state index contributed by atoms with van der Waals surface area (Å²) >= 11 is 0. The predicted molar refractivity (Wildman–Crippen MR) is 58.2 cm³/mol. The van der Waals surface area contributed by atoms with E-state index >= 15 is 0 Å². The second-order valence-electron chi connectivity index (χ2n) is 4.50. The van der Waals surface area contributed by atoms with Crippen LogP contribution in [0, 0.1) is 16.7 Å². The molecule has 88 valence electrons. The van der Waals surface area contributed by atoms with Gasteiger partial charge >= 0.3 is 0 Å². The van der Waals surface area contributed by atoms with E-state index in [1.807, 2.05) is 0 Å². The molecule has 0 N–H and O–H groups in total. The minimum Gasteiger partial charge on any atom is -0.347 e. The topological polar surface area (TPSA) is 64.4 Å². The van der Waals surface area contributed by atoms with Crippen molar-refractivity contribution in [2.75, 3.05) is 27.7 Å². The number of likely N-dealkylation sites (N-methyl/N-ethyl adjacent to an activating group) is 2. The van der Waals surface area contributed by atoms with Gasteiger partial charge in [0.2, 0.25) is 11.8 Å². The number of carbonyl (C=O) groups is 2. The zero-order chi connectivity index (χ0) is 12.3. The first-order valence-corrected chi connectivity index (χ1v) is 5.30. The molecule has 1 aliphatic carbocycles. The second-order valence-corrected chi connectivity index (χ2v) is 4.50. The van der Waals surface area contributed by atoms with Gasteiger partial charge in [0, 0.05) is 21.1 Å². The molecule has 0 spiro atoms. The molecule has 5 heteroatoms. The molecule has 0 heterocycles. The van der Waals surface area contributed by atoms with Crippen molar-refractivity contribution in [2.24, 2.45) is 5.41 Å². The summed E-state index contributed by atoms with van der Waals surface area (Å²) in [6, 6.07) is 2.08. The summed E-state index contributed by atoms with van der Waals surface area (Å²) in [6.45, 7) is 0.0370. The first kappa shape index (κ1) is 12.5. The van der Waals surface area contributed by atoms with E-state index in [9.17, 15) is 9.59 Å². The van der Waals surface area contributed by atoms with Gasteiger partial charge in [-0.15, -0.1) is 0 Å². The highest BCUT2D eigenvalue weighted by Crippen LogP contribution is 2.41. The summed E-state index contributed by atoms with van der Waals surface area (Å²) in [5, 5.41) is 9.01. The molecule has 2 amide bonds. The van der Waals surface area contributed by atoms with E-state index < -0.39 is 5.41 Å². The largest absolute Gasteiger partial charge is 0.347 e. The van der Waals surface area contributed by atoms with Crippen LogP contribution in [0.5, 0.6) is 0 Å². The molecule has 0 saturated heterocycles. The summed E-state index contributed by atoms with van der Waals surface area (Å²) in [5.74, 6) is -0.361. The maximum atomic E-state index is 12.0. The second kappa shape index (κ2) is 4.52. The zero-order valence-electron chi connectivity index (χ0n) is 9.99. The fourth-order valence-corrected chi connectivity index (χ4v) is 1.69. The highest BCUT2D eigenvalue weighted by molar-refractivity contribution is 5.90. The lowest BCUT2D eigenvalue weighted by Crippen LogP contribution is -2.48. The summed E-state index contributed by atoms with van der Waals surface area (Å²) in [5.41, 5.74) is -0.860. The molecule has 5 nitrogen and oxygen atoms in total. The Balaban J connectivity index is 2.61. The maximum absolute atomic E-state index is 12.0. The van der Waals surface area contributed by atoms with Gasteiger partial charge in [-0.3, -0.25) is 9.59 Å². The van der Waals surface area contributed by atoms with Crippen LogP contribution in [0.2, 0.25) is 0 Å². The average Bonchev–Trinajstić information content (AvgIpc) is 2.16. The van der Waals surface area contributed by atoms with Gasteiger partial charge in [-0.05, 0) is 19.3 Å². The Labute approximate surface area is 95.6 Å². The van der Waals surface area contributed by atoms with Gasteiger partial charge in [0.25, 0.3) is 0 Å². The van der Waals surface area contributed by atoms with E-state index in [0.717, 1.165) is 6.42 Å². The normalized spacial score (nSPS) is 16.9. The van der Waals surface area contributed by atoms with Crippen molar-refractivity contribution in [2.45, 2.75) is 19.3 Å². The van der Waals surface area contributed by atoms with E-state index in [2.05, 4.69) is 6.07 Å². The van der Waals surface area contributed by atoms with E-state index in [4.69, 9.17) is 5.26 Å². The van der Waals surface area contributed by atoms with Crippen LogP contribution in [-0.4, -0.2) is 49.3 Å². The van der Waals surface area contributed by atoms with Crippen molar-refractivity contribution in [3.05, 3.63) is 0 Å². The smallest absolute Gasteiger partial charge is 0.243 e. The van der Waals surface area contributed by atoms with E-state index in [1.165, 1.54) is 9.80 Å². The predicted octanol–water partition coefficient (Wildman–Crippen LogP) is 0.227. The molecule has 0 aromatic rings. The van der Waals surface area contributed by atoms with Crippen LogP contribution in [0.4, 0.5) is 0 Å². The molecule has 0 radical (unpaired) electrons. The zero-order valence-corrected chi connectivity index (χ0v) is 9.99. The molecule has 0 bridgehead atoms. The Morgan fingerprint density at radius 1 is 1.31 bits per heavy atom. The van der Waals surface area contributed by atoms with Gasteiger partial charge in [0.1, 0.15) is 5.41 Å². The Morgan fingerprint density at radius 2 is 1.88 bits per heavy atom. The molecule has 1 aliphatic rings. The van der Waals surface area contributed by atoms with Crippen LogP contribution < -0.4 is 0 Å². The lowest BCUT2D eigenvalue weighted by molar-refractivity contribution is -0.145. The van der Waals surface area contributed by atoms with Crippen molar-refractivity contribution in [1.29, 1.82) is 5.26 Å². The van der Waals surface area contributed by atoms with Gasteiger partial charge < -0.3 is 9.80 Å². The van der Waals surface area contributed by atoms with Crippen molar-refractivity contribution in [1.82, 2.24) is 9.80 Å². The molecular formula is C11H17N3O2. The summed E-state index contributed by atoms with van der Waals surface area (Å²) < 4.78 is 0. The van der Waals surface area contributed by atoms with Gasteiger partial charge in [-0.1, -0.05) is 0 Å². The van der Waals surface area contributed by atoms with Gasteiger partial charge in [-0.25, -0.2) is 0 Å². The third-order valence-electron chi connectivity index (χ3n) is 3.05. The van der Waals surface area contributed by atoms with Crippen molar-refractivity contribution in [3.8, 4) is 6.07 Å². The molecule has 0 atom stereocenters. The summed E-state index contributed by atoms with van der Waals surface area (Å²) in [7, 11) is 4.86. The number of carbonyl (C=O) groups excluding carboxylic acids is 2. The van der Waals surface area contributed by atoms with E-state index in [-0.39, 0.29) is 18.4 Å². The van der Waals surface area contributed by atoms with Crippen LogP contribution in [-0.2, 0) is 9.59 Å². The Morgan fingerprint density at radius 3 is 2.19 bits per heavy atom. The standard InChI is InChI=1S/C11H17N3O2/c1-13(2)9(15)7-14(3)10(16)11(8-12)5-4-6-11/h4-7H2,1-3H3. The third-order valence-corrected chi connectivity index (χ3v) is 3.05. The van der Waals surface area contributed by atoms with Crippen LogP contribution in [0.3, 0.4) is 0 Å². The number of rotatable bonds is 3. The molecule has 1 rings (SSSR count). The minimum atomic E-state index is -0.860. The molecule has 0 aromatic carbocycles. The van der Waals surface area contributed by atoms with E-state index in [0.29, 0.717) is 12.8 Å². The highest BCUT2D eigenvalue weighted by Gasteiger charge is 2.46. The number of hydrogen-bond donors (Lipinski definition) is 0. The Kier molecular flexibility index (Phi) is 3.53. The van der Waals surface area contributed by atoms with E-state index in [1.54, 1.807) is 21.1 Å². The number of nitriles is 1. The number of hydrogen-bond acceptors (Lipinski definition) is 3. The van der Waals surface area contributed by atoms with Crippen molar-refractivity contribution < 1.29 is 9.59 Å². The Bertz CT molecular complexity index is 340.